The van der Waals surface area contributed by atoms with Crippen LogP contribution in [0.4, 0.5) is 17.6 Å². The number of rotatable bonds is 6. The second-order valence-corrected chi connectivity index (χ2v) is 7.83. The Kier molecular flexibility index (Phi) is 5.82. The molecule has 0 aliphatic carbocycles. The Morgan fingerprint density at radius 1 is 0.968 bits per heavy atom. The van der Waals surface area contributed by atoms with Crippen molar-refractivity contribution in [1.82, 2.24) is 9.55 Å². The van der Waals surface area contributed by atoms with Crippen molar-refractivity contribution in [2.24, 2.45) is 0 Å². The number of carbonyl (C=O) groups excluding carboxylic acids is 1. The van der Waals surface area contributed by atoms with Gasteiger partial charge in [-0.05, 0) is 48.0 Å². The van der Waals surface area contributed by atoms with E-state index in [2.05, 4.69) is 4.98 Å². The van der Waals surface area contributed by atoms with Gasteiger partial charge in [0.15, 0.2) is 10.9 Å². The van der Waals surface area contributed by atoms with Crippen LogP contribution in [0.3, 0.4) is 0 Å². The number of imidazole rings is 1. The Hall–Kier alpha value is -3.13. The summed E-state index contributed by atoms with van der Waals surface area (Å²) in [6.07, 6.45) is -4.47. The predicted octanol–water partition coefficient (Wildman–Crippen LogP) is 6.22. The SMILES string of the molecule is O=C(CSc1nc2cc(C(F)(F)F)ccc2n1Cc1ccccc1)c1ccc(F)cc1. The van der Waals surface area contributed by atoms with Crippen molar-refractivity contribution in [3.05, 3.63) is 95.3 Å². The Morgan fingerprint density at radius 3 is 2.35 bits per heavy atom. The smallest absolute Gasteiger partial charge is 0.314 e. The lowest BCUT2D eigenvalue weighted by atomic mass is 10.1. The van der Waals surface area contributed by atoms with Crippen LogP contribution in [0.2, 0.25) is 0 Å². The lowest BCUT2D eigenvalue weighted by Gasteiger charge is -2.10. The van der Waals surface area contributed by atoms with Gasteiger partial charge in [-0.15, -0.1) is 0 Å². The number of hydrogen-bond acceptors (Lipinski definition) is 3. The van der Waals surface area contributed by atoms with Crippen molar-refractivity contribution in [3.8, 4) is 0 Å². The van der Waals surface area contributed by atoms with Crippen LogP contribution in [0.15, 0.2) is 78.0 Å². The van der Waals surface area contributed by atoms with E-state index in [9.17, 15) is 22.4 Å². The maximum absolute atomic E-state index is 13.1. The first-order valence-corrected chi connectivity index (χ1v) is 10.3. The molecule has 0 saturated carbocycles. The predicted molar refractivity (Wildman–Crippen MR) is 112 cm³/mol. The van der Waals surface area contributed by atoms with Crippen molar-refractivity contribution >= 4 is 28.6 Å². The highest BCUT2D eigenvalue weighted by atomic mass is 32.2. The van der Waals surface area contributed by atoms with Crippen LogP contribution in [-0.4, -0.2) is 21.1 Å². The Bertz CT molecular complexity index is 1220. The highest BCUT2D eigenvalue weighted by Gasteiger charge is 2.31. The van der Waals surface area contributed by atoms with E-state index >= 15 is 0 Å². The third kappa shape index (κ3) is 4.80. The summed E-state index contributed by atoms with van der Waals surface area (Å²) in [7, 11) is 0. The number of thioether (sulfide) groups is 1. The third-order valence-electron chi connectivity index (χ3n) is 4.72. The molecule has 0 N–H and O–H groups in total. The molecule has 0 fully saturated rings. The molecule has 4 rings (SSSR count). The number of benzene rings is 3. The minimum atomic E-state index is -4.47. The molecule has 0 saturated heterocycles. The van der Waals surface area contributed by atoms with Gasteiger partial charge in [0.2, 0.25) is 0 Å². The van der Waals surface area contributed by atoms with E-state index in [1.54, 1.807) is 4.57 Å². The van der Waals surface area contributed by atoms with Gasteiger partial charge < -0.3 is 4.57 Å². The van der Waals surface area contributed by atoms with Crippen molar-refractivity contribution in [2.75, 3.05) is 5.75 Å². The summed E-state index contributed by atoms with van der Waals surface area (Å²) < 4.78 is 54.3. The topological polar surface area (TPSA) is 34.9 Å². The van der Waals surface area contributed by atoms with Crippen molar-refractivity contribution < 1.29 is 22.4 Å². The van der Waals surface area contributed by atoms with Gasteiger partial charge in [0.1, 0.15) is 5.82 Å². The zero-order valence-electron chi connectivity index (χ0n) is 16.1. The van der Waals surface area contributed by atoms with E-state index in [0.717, 1.165) is 29.5 Å². The van der Waals surface area contributed by atoms with Crippen molar-refractivity contribution in [2.45, 2.75) is 17.9 Å². The molecule has 3 aromatic carbocycles. The number of ketones is 1. The van der Waals surface area contributed by atoms with E-state index in [0.29, 0.717) is 22.8 Å². The molecular formula is C23H16F4N2OS. The first-order valence-electron chi connectivity index (χ1n) is 9.34. The molecule has 1 aromatic heterocycles. The summed E-state index contributed by atoms with van der Waals surface area (Å²) in [4.78, 5) is 16.8. The van der Waals surface area contributed by atoms with Crippen LogP contribution in [-0.2, 0) is 12.7 Å². The molecule has 8 heteroatoms. The van der Waals surface area contributed by atoms with E-state index in [-0.39, 0.29) is 17.1 Å². The molecule has 0 atom stereocenters. The molecule has 0 bridgehead atoms. The molecule has 0 unspecified atom stereocenters. The molecule has 3 nitrogen and oxygen atoms in total. The van der Waals surface area contributed by atoms with Gasteiger partial charge in [-0.1, -0.05) is 42.1 Å². The van der Waals surface area contributed by atoms with Crippen molar-refractivity contribution in [1.29, 1.82) is 0 Å². The fourth-order valence-corrected chi connectivity index (χ4v) is 4.07. The van der Waals surface area contributed by atoms with Gasteiger partial charge in [-0.2, -0.15) is 13.2 Å². The fourth-order valence-electron chi connectivity index (χ4n) is 3.16. The summed E-state index contributed by atoms with van der Waals surface area (Å²) in [6, 6.07) is 18.1. The maximum Gasteiger partial charge on any atom is 0.416 e. The molecule has 4 aromatic rings. The quantitative estimate of drug-likeness (QED) is 0.201. The minimum absolute atomic E-state index is 0.0237. The second kappa shape index (κ2) is 8.55. The van der Waals surface area contributed by atoms with Gasteiger partial charge in [-0.3, -0.25) is 4.79 Å². The number of halogens is 4. The van der Waals surface area contributed by atoms with Crippen LogP contribution in [0.5, 0.6) is 0 Å². The number of fused-ring (bicyclic) bond motifs is 1. The normalized spacial score (nSPS) is 11.7. The molecule has 1 heterocycles. The van der Waals surface area contributed by atoms with Gasteiger partial charge in [0.25, 0.3) is 0 Å². The van der Waals surface area contributed by atoms with Crippen LogP contribution >= 0.6 is 11.8 Å². The van der Waals surface area contributed by atoms with Crippen molar-refractivity contribution in [3.63, 3.8) is 0 Å². The summed E-state index contributed by atoms with van der Waals surface area (Å²) >= 11 is 1.14. The van der Waals surface area contributed by atoms with Crippen LogP contribution in [0, 0.1) is 5.82 Å². The highest BCUT2D eigenvalue weighted by molar-refractivity contribution is 7.99. The highest BCUT2D eigenvalue weighted by Crippen LogP contribution is 2.33. The summed E-state index contributed by atoms with van der Waals surface area (Å²) in [5.41, 5.74) is 1.30. The summed E-state index contributed by atoms with van der Waals surface area (Å²) in [5.74, 6) is -0.635. The molecule has 158 valence electrons. The van der Waals surface area contributed by atoms with Crippen LogP contribution in [0.25, 0.3) is 11.0 Å². The van der Waals surface area contributed by atoms with E-state index in [1.165, 1.54) is 30.3 Å². The fraction of sp³-hybridized carbons (Fsp3) is 0.130. The van der Waals surface area contributed by atoms with Crippen LogP contribution in [0.1, 0.15) is 21.5 Å². The minimum Gasteiger partial charge on any atom is -0.314 e. The number of carbonyl (C=O) groups is 1. The molecule has 0 amide bonds. The standard InChI is InChI=1S/C23H16F4N2OS/c24-18-9-6-16(7-10-18)21(30)14-31-22-28-19-12-17(23(25,26)27)8-11-20(19)29(22)13-15-4-2-1-3-5-15/h1-12H,13-14H2. The number of alkyl halides is 3. The summed E-state index contributed by atoms with van der Waals surface area (Å²) in [6.45, 7) is 0.399. The lowest BCUT2D eigenvalue weighted by Crippen LogP contribution is -2.06. The maximum atomic E-state index is 13.1. The monoisotopic (exact) mass is 444 g/mol. The van der Waals surface area contributed by atoms with E-state index in [1.807, 2.05) is 30.3 Å². The number of nitrogens with zero attached hydrogens (tertiary/aromatic N) is 2. The Balaban J connectivity index is 1.67. The zero-order valence-corrected chi connectivity index (χ0v) is 16.9. The zero-order chi connectivity index (χ0) is 22.0. The molecule has 0 spiro atoms. The molecule has 0 aliphatic heterocycles. The van der Waals surface area contributed by atoms with E-state index in [4.69, 9.17) is 0 Å². The van der Waals surface area contributed by atoms with Crippen LogP contribution < -0.4 is 0 Å². The molecule has 0 aliphatic rings. The van der Waals surface area contributed by atoms with Gasteiger partial charge >= 0.3 is 6.18 Å². The van der Waals surface area contributed by atoms with Gasteiger partial charge in [-0.25, -0.2) is 9.37 Å². The molecule has 31 heavy (non-hydrogen) atoms. The second-order valence-electron chi connectivity index (χ2n) is 6.89. The van der Waals surface area contributed by atoms with Gasteiger partial charge in [0, 0.05) is 5.56 Å². The Labute approximate surface area is 179 Å². The average Bonchev–Trinajstić information content (AvgIpc) is 3.09. The van der Waals surface area contributed by atoms with E-state index < -0.39 is 17.6 Å². The first kappa shape index (κ1) is 21.1. The third-order valence-corrected chi connectivity index (χ3v) is 5.70. The number of Topliss-reactive ketones (excluding diaryl/α,β-unsaturated/α-hetero) is 1. The lowest BCUT2D eigenvalue weighted by molar-refractivity contribution is -0.137. The van der Waals surface area contributed by atoms with Gasteiger partial charge in [0.05, 0.1) is 28.9 Å². The average molecular weight is 444 g/mol. The summed E-state index contributed by atoms with van der Waals surface area (Å²) in [5, 5.41) is 0.439. The largest absolute Gasteiger partial charge is 0.416 e. The number of aromatic nitrogens is 2. The first-order chi connectivity index (χ1) is 14.8. The molecule has 0 radical (unpaired) electrons. The number of hydrogen-bond donors (Lipinski definition) is 0. The molecular weight excluding hydrogens is 428 g/mol. The Morgan fingerprint density at radius 2 is 1.68 bits per heavy atom.